The van der Waals surface area contributed by atoms with Gasteiger partial charge in [0.05, 0.1) is 12.7 Å². The lowest BCUT2D eigenvalue weighted by atomic mass is 9.73. The van der Waals surface area contributed by atoms with Crippen LogP contribution in [0.5, 0.6) is 5.75 Å². The minimum Gasteiger partial charge on any atom is -0.393 e. The number of hydrogen-bond donors (Lipinski definition) is 1. The Kier molecular flexibility index (Phi) is 5.79. The van der Waals surface area contributed by atoms with Gasteiger partial charge in [-0.2, -0.15) is 4.89 Å². The summed E-state index contributed by atoms with van der Waals surface area (Å²) in [6.45, 7) is 5.94. The van der Waals surface area contributed by atoms with E-state index in [4.69, 9.17) is 9.78 Å². The zero-order valence-electron chi connectivity index (χ0n) is 17.6. The molecule has 0 spiro atoms. The molecule has 2 fully saturated rings. The van der Waals surface area contributed by atoms with Gasteiger partial charge in [-0.15, -0.1) is 0 Å². The summed E-state index contributed by atoms with van der Waals surface area (Å²) in [6, 6.07) is 17.4. The molecule has 160 valence electrons. The molecule has 30 heavy (non-hydrogen) atoms. The van der Waals surface area contributed by atoms with E-state index in [1.807, 2.05) is 0 Å². The number of aliphatic hydroxyl groups is 1. The molecule has 0 radical (unpaired) electrons. The molecule has 5 nitrogen and oxygen atoms in total. The van der Waals surface area contributed by atoms with Crippen LogP contribution in [0.25, 0.3) is 0 Å². The number of aliphatic hydroxyl groups excluding tert-OH is 1. The topological polar surface area (TPSA) is 45.2 Å². The summed E-state index contributed by atoms with van der Waals surface area (Å²) < 4.78 is 0. The van der Waals surface area contributed by atoms with Crippen molar-refractivity contribution in [1.29, 1.82) is 0 Å². The van der Waals surface area contributed by atoms with Crippen molar-refractivity contribution in [1.82, 2.24) is 9.80 Å². The lowest BCUT2D eigenvalue weighted by molar-refractivity contribution is -0.215. The Morgan fingerprint density at radius 3 is 2.50 bits per heavy atom. The lowest BCUT2D eigenvalue weighted by Crippen LogP contribution is -2.56. The van der Waals surface area contributed by atoms with Crippen LogP contribution in [0.4, 0.5) is 0 Å². The van der Waals surface area contributed by atoms with Gasteiger partial charge in [-0.05, 0) is 42.9 Å². The highest BCUT2D eigenvalue weighted by Crippen LogP contribution is 2.44. The van der Waals surface area contributed by atoms with Gasteiger partial charge < -0.3 is 9.99 Å². The van der Waals surface area contributed by atoms with Gasteiger partial charge in [0.15, 0.2) is 5.75 Å². The maximum Gasteiger partial charge on any atom is 0.168 e. The van der Waals surface area contributed by atoms with Crippen molar-refractivity contribution < 1.29 is 14.9 Å². The molecule has 0 aromatic heterocycles. The number of hydrogen-bond acceptors (Lipinski definition) is 5. The molecule has 1 N–H and O–H groups in total. The van der Waals surface area contributed by atoms with Gasteiger partial charge in [-0.25, -0.2) is 0 Å². The summed E-state index contributed by atoms with van der Waals surface area (Å²) in [5, 5.41) is 10.2. The highest BCUT2D eigenvalue weighted by molar-refractivity contribution is 5.41. The molecule has 5 heteroatoms. The molecule has 0 unspecified atom stereocenters. The normalized spacial score (nSPS) is 28.0. The van der Waals surface area contributed by atoms with Crippen LogP contribution in [0.3, 0.4) is 0 Å². The summed E-state index contributed by atoms with van der Waals surface area (Å²) in [7, 11) is 0. The van der Waals surface area contributed by atoms with E-state index in [-0.39, 0.29) is 11.6 Å². The lowest BCUT2D eigenvalue weighted by Gasteiger charge is -2.51. The van der Waals surface area contributed by atoms with Gasteiger partial charge in [0, 0.05) is 50.2 Å². The van der Waals surface area contributed by atoms with Crippen molar-refractivity contribution in [2.75, 3.05) is 32.8 Å². The highest BCUT2D eigenvalue weighted by Gasteiger charge is 2.42. The predicted octanol–water partition coefficient (Wildman–Crippen LogP) is 3.50. The number of rotatable bonds is 4. The van der Waals surface area contributed by atoms with Crippen LogP contribution in [-0.4, -0.2) is 53.8 Å². The van der Waals surface area contributed by atoms with Crippen molar-refractivity contribution in [3.63, 3.8) is 0 Å². The molecular formula is C25H32N2O3. The summed E-state index contributed by atoms with van der Waals surface area (Å²) in [5.41, 5.74) is 4.03. The Balaban J connectivity index is 1.35. The molecule has 2 aromatic rings. The van der Waals surface area contributed by atoms with Crippen molar-refractivity contribution in [3.05, 3.63) is 65.2 Å². The molecule has 1 saturated carbocycles. The summed E-state index contributed by atoms with van der Waals surface area (Å²) in [6.07, 6.45) is 4.52. The SMILES string of the molecule is OC1CCC(c2ccc3c(c2)CCOO3)(N2CCN(Cc3ccccc3)CC2)CC1. The van der Waals surface area contributed by atoms with Gasteiger partial charge in [0.25, 0.3) is 0 Å². The minimum absolute atomic E-state index is 0.0192. The van der Waals surface area contributed by atoms with Gasteiger partial charge in [-0.3, -0.25) is 9.80 Å². The summed E-state index contributed by atoms with van der Waals surface area (Å²) >= 11 is 0. The molecule has 5 rings (SSSR count). The van der Waals surface area contributed by atoms with Crippen molar-refractivity contribution in [2.24, 2.45) is 0 Å². The van der Waals surface area contributed by atoms with Crippen LogP contribution in [0.15, 0.2) is 48.5 Å². The van der Waals surface area contributed by atoms with Crippen LogP contribution < -0.4 is 4.89 Å². The van der Waals surface area contributed by atoms with Gasteiger partial charge in [-0.1, -0.05) is 42.5 Å². The van der Waals surface area contributed by atoms with E-state index in [9.17, 15) is 5.11 Å². The van der Waals surface area contributed by atoms with Crippen LogP contribution in [0.1, 0.15) is 42.4 Å². The number of nitrogens with zero attached hydrogens (tertiary/aromatic N) is 2. The number of benzene rings is 2. The first-order chi connectivity index (χ1) is 14.7. The first kappa shape index (κ1) is 20.0. The van der Waals surface area contributed by atoms with Crippen LogP contribution in [0.2, 0.25) is 0 Å². The summed E-state index contributed by atoms with van der Waals surface area (Å²) in [4.78, 5) is 15.8. The van der Waals surface area contributed by atoms with E-state index in [2.05, 4.69) is 58.3 Å². The Labute approximate surface area is 179 Å². The summed E-state index contributed by atoms with van der Waals surface area (Å²) in [5.74, 6) is 0.851. The highest BCUT2D eigenvalue weighted by atomic mass is 17.2. The Morgan fingerprint density at radius 2 is 1.73 bits per heavy atom. The second kappa shape index (κ2) is 8.67. The first-order valence-electron chi connectivity index (χ1n) is 11.4. The third-order valence-corrected chi connectivity index (χ3v) is 7.21. The molecule has 2 aliphatic heterocycles. The van der Waals surface area contributed by atoms with Crippen LogP contribution in [-0.2, 0) is 23.4 Å². The first-order valence-corrected chi connectivity index (χ1v) is 11.4. The van der Waals surface area contributed by atoms with E-state index in [1.54, 1.807) is 0 Å². The molecule has 0 amide bonds. The van der Waals surface area contributed by atoms with E-state index < -0.39 is 0 Å². The average Bonchev–Trinajstić information content (AvgIpc) is 2.81. The van der Waals surface area contributed by atoms with Crippen molar-refractivity contribution in [2.45, 2.75) is 50.3 Å². The molecule has 1 aliphatic carbocycles. The molecule has 1 saturated heterocycles. The maximum atomic E-state index is 10.2. The Morgan fingerprint density at radius 1 is 0.967 bits per heavy atom. The molecular weight excluding hydrogens is 376 g/mol. The van der Waals surface area contributed by atoms with Gasteiger partial charge in [0.2, 0.25) is 0 Å². The van der Waals surface area contributed by atoms with Crippen molar-refractivity contribution in [3.8, 4) is 5.75 Å². The fourth-order valence-electron chi connectivity index (χ4n) is 5.45. The van der Waals surface area contributed by atoms with Crippen LogP contribution in [0, 0.1) is 0 Å². The molecule has 0 bridgehead atoms. The number of fused-ring (bicyclic) bond motifs is 1. The van der Waals surface area contributed by atoms with Gasteiger partial charge >= 0.3 is 0 Å². The Bertz CT molecular complexity index is 841. The zero-order chi connectivity index (χ0) is 20.4. The third kappa shape index (κ3) is 4.00. The van der Waals surface area contributed by atoms with Crippen LogP contribution >= 0.6 is 0 Å². The smallest absolute Gasteiger partial charge is 0.168 e. The largest absolute Gasteiger partial charge is 0.393 e. The van der Waals surface area contributed by atoms with Crippen molar-refractivity contribution >= 4 is 0 Å². The average molecular weight is 409 g/mol. The monoisotopic (exact) mass is 408 g/mol. The standard InChI is InChI=1S/C25H32N2O3/c28-23-8-11-25(12-9-23,22-6-7-24-21(18-22)10-17-29-30-24)27-15-13-26(14-16-27)19-20-4-2-1-3-5-20/h1-7,18,23,28H,8-17,19H2. The fraction of sp³-hybridized carbons (Fsp3) is 0.520. The molecule has 2 heterocycles. The predicted molar refractivity (Wildman–Crippen MR) is 116 cm³/mol. The van der Waals surface area contributed by atoms with E-state index in [1.165, 1.54) is 16.7 Å². The quantitative estimate of drug-likeness (QED) is 0.785. The molecule has 2 aromatic carbocycles. The fourth-order valence-corrected chi connectivity index (χ4v) is 5.45. The van der Waals surface area contributed by atoms with Gasteiger partial charge in [0.1, 0.15) is 0 Å². The van der Waals surface area contributed by atoms with E-state index in [0.717, 1.165) is 70.6 Å². The maximum absolute atomic E-state index is 10.2. The molecule has 0 atom stereocenters. The minimum atomic E-state index is -0.160. The molecule has 3 aliphatic rings. The van der Waals surface area contributed by atoms with E-state index in [0.29, 0.717) is 6.61 Å². The number of piperazine rings is 1. The second-order valence-electron chi connectivity index (χ2n) is 8.99. The zero-order valence-corrected chi connectivity index (χ0v) is 17.6. The second-order valence-corrected chi connectivity index (χ2v) is 8.99. The van der Waals surface area contributed by atoms with E-state index >= 15 is 0 Å². The Hall–Kier alpha value is -1.92. The third-order valence-electron chi connectivity index (χ3n) is 7.21.